The summed E-state index contributed by atoms with van der Waals surface area (Å²) in [5.74, 6) is 0. The Labute approximate surface area is 94.0 Å². The molecule has 0 fully saturated rings. The van der Waals surface area contributed by atoms with Gasteiger partial charge in [-0.25, -0.2) is 4.98 Å². The van der Waals surface area contributed by atoms with Gasteiger partial charge in [-0.1, -0.05) is 43.4 Å². The zero-order valence-electron chi connectivity index (χ0n) is 8.53. The molecule has 0 bridgehead atoms. The van der Waals surface area contributed by atoms with Crippen molar-refractivity contribution in [3.05, 3.63) is 47.0 Å². The Bertz CT molecular complexity index is 500. The maximum absolute atomic E-state index is 5.20. The molecular weight excluding hydrogens is 204 g/mol. The Morgan fingerprint density at radius 1 is 1.27 bits per heavy atom. The Balaban J connectivity index is 2.46. The molecule has 76 valence electrons. The summed E-state index contributed by atoms with van der Waals surface area (Å²) in [5.41, 5.74) is 3.43. The first-order chi connectivity index (χ1) is 7.31. The third kappa shape index (κ3) is 2.13. The van der Waals surface area contributed by atoms with E-state index in [0.29, 0.717) is 0 Å². The number of aromatic amines is 1. The Kier molecular flexibility index (Phi) is 2.92. The smallest absolute Gasteiger partial charge is 0.113 e. The molecular formula is C12H12N2S. The number of hydrogen-bond acceptors (Lipinski definition) is 2. The van der Waals surface area contributed by atoms with E-state index in [4.69, 9.17) is 12.2 Å². The van der Waals surface area contributed by atoms with Crippen LogP contribution in [0, 0.1) is 4.64 Å². The van der Waals surface area contributed by atoms with Crippen LogP contribution >= 0.6 is 12.2 Å². The molecule has 0 aliphatic rings. The van der Waals surface area contributed by atoms with Crippen molar-refractivity contribution in [1.82, 2.24) is 9.97 Å². The number of aromatic nitrogens is 2. The number of aryl methyl sites for hydroxylation is 1. The molecule has 0 saturated heterocycles. The Morgan fingerprint density at radius 3 is 2.60 bits per heavy atom. The van der Waals surface area contributed by atoms with Gasteiger partial charge in [-0.2, -0.15) is 0 Å². The molecule has 0 aliphatic carbocycles. The van der Waals surface area contributed by atoms with Crippen LogP contribution in [0.4, 0.5) is 0 Å². The van der Waals surface area contributed by atoms with Gasteiger partial charge < -0.3 is 4.98 Å². The van der Waals surface area contributed by atoms with E-state index >= 15 is 0 Å². The summed E-state index contributed by atoms with van der Waals surface area (Å²) in [6.07, 6.45) is 4.45. The Morgan fingerprint density at radius 2 is 2.00 bits per heavy atom. The third-order valence-corrected chi connectivity index (χ3v) is 2.73. The summed E-state index contributed by atoms with van der Waals surface area (Å²) in [6, 6.07) is 8.41. The van der Waals surface area contributed by atoms with E-state index in [-0.39, 0.29) is 0 Å². The average molecular weight is 216 g/mol. The number of nitrogens with one attached hydrogen (secondary N) is 1. The van der Waals surface area contributed by atoms with Crippen LogP contribution in [0.2, 0.25) is 0 Å². The van der Waals surface area contributed by atoms with Crippen LogP contribution in [0.1, 0.15) is 12.5 Å². The minimum atomic E-state index is 0.731. The molecule has 1 heterocycles. The molecule has 0 amide bonds. The Hall–Kier alpha value is -1.48. The normalized spacial score (nSPS) is 10.2. The first-order valence-corrected chi connectivity index (χ1v) is 5.34. The highest BCUT2D eigenvalue weighted by molar-refractivity contribution is 7.71. The van der Waals surface area contributed by atoms with E-state index in [0.717, 1.165) is 22.2 Å². The average Bonchev–Trinajstić information content (AvgIpc) is 2.30. The van der Waals surface area contributed by atoms with E-state index < -0.39 is 0 Å². The van der Waals surface area contributed by atoms with Crippen molar-refractivity contribution in [1.29, 1.82) is 0 Å². The molecule has 15 heavy (non-hydrogen) atoms. The fourth-order valence-corrected chi connectivity index (χ4v) is 1.69. The van der Waals surface area contributed by atoms with Crippen molar-refractivity contribution in [3.63, 3.8) is 0 Å². The minimum absolute atomic E-state index is 0.731. The molecule has 0 radical (unpaired) electrons. The predicted octanol–water partition coefficient (Wildman–Crippen LogP) is 3.37. The molecule has 0 aliphatic heterocycles. The van der Waals surface area contributed by atoms with Crippen molar-refractivity contribution in [2.75, 3.05) is 0 Å². The molecule has 1 aromatic carbocycles. The quantitative estimate of drug-likeness (QED) is 0.780. The van der Waals surface area contributed by atoms with E-state index in [2.05, 4.69) is 41.2 Å². The molecule has 2 aromatic rings. The number of H-pyrrole nitrogens is 1. The van der Waals surface area contributed by atoms with Gasteiger partial charge in [0, 0.05) is 11.8 Å². The molecule has 2 nitrogen and oxygen atoms in total. The minimum Gasteiger partial charge on any atom is -0.337 e. The predicted molar refractivity (Wildman–Crippen MR) is 64.2 cm³/mol. The van der Waals surface area contributed by atoms with Crippen molar-refractivity contribution >= 4 is 12.2 Å². The summed E-state index contributed by atoms with van der Waals surface area (Å²) < 4.78 is 0.731. The SMILES string of the molecule is CCc1ccc(-c2cnc[nH]c2=S)cc1. The third-order valence-electron chi connectivity index (χ3n) is 2.39. The fourth-order valence-electron chi connectivity index (χ4n) is 1.47. The van der Waals surface area contributed by atoms with Crippen LogP contribution in [0.25, 0.3) is 11.1 Å². The highest BCUT2D eigenvalue weighted by atomic mass is 32.1. The van der Waals surface area contributed by atoms with Gasteiger partial charge in [0.25, 0.3) is 0 Å². The highest BCUT2D eigenvalue weighted by Crippen LogP contribution is 2.19. The van der Waals surface area contributed by atoms with Gasteiger partial charge in [-0.15, -0.1) is 0 Å². The van der Waals surface area contributed by atoms with Gasteiger partial charge in [-0.3, -0.25) is 0 Å². The lowest BCUT2D eigenvalue weighted by molar-refractivity contribution is 1.13. The van der Waals surface area contributed by atoms with Crippen LogP contribution in [-0.4, -0.2) is 9.97 Å². The summed E-state index contributed by atoms with van der Waals surface area (Å²) in [5, 5.41) is 0. The second-order valence-corrected chi connectivity index (χ2v) is 3.75. The van der Waals surface area contributed by atoms with Crippen molar-refractivity contribution < 1.29 is 0 Å². The first kappa shape index (κ1) is 10.1. The standard InChI is InChI=1S/C12H12N2S/c1-2-9-3-5-10(6-4-9)11-7-13-8-14-12(11)15/h3-8H,2H2,1H3,(H,13,14,15). The topological polar surface area (TPSA) is 28.7 Å². The first-order valence-electron chi connectivity index (χ1n) is 4.93. The van der Waals surface area contributed by atoms with E-state index in [1.54, 1.807) is 12.5 Å². The fraction of sp³-hybridized carbons (Fsp3) is 0.167. The molecule has 0 unspecified atom stereocenters. The van der Waals surface area contributed by atoms with Gasteiger partial charge in [0.15, 0.2) is 0 Å². The number of rotatable bonds is 2. The molecule has 1 aromatic heterocycles. The second-order valence-electron chi connectivity index (χ2n) is 3.34. The van der Waals surface area contributed by atoms with Crippen LogP contribution in [-0.2, 0) is 6.42 Å². The molecule has 0 saturated carbocycles. The number of benzene rings is 1. The van der Waals surface area contributed by atoms with Crippen LogP contribution < -0.4 is 0 Å². The highest BCUT2D eigenvalue weighted by Gasteiger charge is 1.99. The summed E-state index contributed by atoms with van der Waals surface area (Å²) in [6.45, 7) is 2.14. The van der Waals surface area contributed by atoms with Crippen LogP contribution in [0.15, 0.2) is 36.8 Å². The second kappa shape index (κ2) is 4.36. The monoisotopic (exact) mass is 216 g/mol. The molecule has 1 N–H and O–H groups in total. The zero-order chi connectivity index (χ0) is 10.7. The van der Waals surface area contributed by atoms with Crippen LogP contribution in [0.5, 0.6) is 0 Å². The van der Waals surface area contributed by atoms with Crippen molar-refractivity contribution in [2.45, 2.75) is 13.3 Å². The lowest BCUT2D eigenvalue weighted by Crippen LogP contribution is -1.85. The van der Waals surface area contributed by atoms with E-state index in [9.17, 15) is 0 Å². The zero-order valence-corrected chi connectivity index (χ0v) is 9.34. The van der Waals surface area contributed by atoms with Gasteiger partial charge in [0.1, 0.15) is 4.64 Å². The maximum atomic E-state index is 5.20. The van der Waals surface area contributed by atoms with Crippen molar-refractivity contribution in [2.24, 2.45) is 0 Å². The summed E-state index contributed by atoms with van der Waals surface area (Å²) in [7, 11) is 0. The van der Waals surface area contributed by atoms with Gasteiger partial charge in [0.05, 0.1) is 6.33 Å². The van der Waals surface area contributed by atoms with Gasteiger partial charge in [-0.05, 0) is 17.5 Å². The molecule has 3 heteroatoms. The maximum Gasteiger partial charge on any atom is 0.113 e. The summed E-state index contributed by atoms with van der Waals surface area (Å²) in [4.78, 5) is 6.97. The summed E-state index contributed by atoms with van der Waals surface area (Å²) >= 11 is 5.20. The van der Waals surface area contributed by atoms with E-state index in [1.807, 2.05) is 0 Å². The lowest BCUT2D eigenvalue weighted by atomic mass is 10.1. The molecule has 2 rings (SSSR count). The van der Waals surface area contributed by atoms with Gasteiger partial charge in [0.2, 0.25) is 0 Å². The molecule has 0 atom stereocenters. The van der Waals surface area contributed by atoms with Crippen LogP contribution in [0.3, 0.4) is 0 Å². The van der Waals surface area contributed by atoms with Gasteiger partial charge >= 0.3 is 0 Å². The molecule has 0 spiro atoms. The van der Waals surface area contributed by atoms with E-state index in [1.165, 1.54) is 5.56 Å². The number of hydrogen-bond donors (Lipinski definition) is 1. The van der Waals surface area contributed by atoms with Crippen molar-refractivity contribution in [3.8, 4) is 11.1 Å². The largest absolute Gasteiger partial charge is 0.337 e. The number of nitrogens with zero attached hydrogens (tertiary/aromatic N) is 1. The lowest BCUT2D eigenvalue weighted by Gasteiger charge is -2.02.